The van der Waals surface area contributed by atoms with Gasteiger partial charge in [0.15, 0.2) is 0 Å². The zero-order valence-corrected chi connectivity index (χ0v) is 7.99. The van der Waals surface area contributed by atoms with Crippen LogP contribution < -0.4 is 5.48 Å². The highest BCUT2D eigenvalue weighted by Crippen LogP contribution is 2.23. The van der Waals surface area contributed by atoms with Crippen molar-refractivity contribution >= 4 is 11.5 Å². The molecule has 1 aliphatic rings. The van der Waals surface area contributed by atoms with Crippen molar-refractivity contribution in [2.45, 2.75) is 12.8 Å². The fourth-order valence-electron chi connectivity index (χ4n) is 1.79. The summed E-state index contributed by atoms with van der Waals surface area (Å²) >= 11 is 0. The van der Waals surface area contributed by atoms with Crippen LogP contribution in [-0.2, 0) is 6.42 Å². The maximum Gasteiger partial charge on any atom is 0.149 e. The van der Waals surface area contributed by atoms with Crippen LogP contribution >= 0.6 is 0 Å². The summed E-state index contributed by atoms with van der Waals surface area (Å²) in [5.41, 5.74) is 5.07. The molecule has 4 N–H and O–H groups in total. The molecule has 1 aliphatic carbocycles. The van der Waals surface area contributed by atoms with Gasteiger partial charge in [-0.15, -0.1) is 0 Å². The van der Waals surface area contributed by atoms with E-state index in [2.05, 4.69) is 5.16 Å². The zero-order chi connectivity index (χ0) is 10.8. The van der Waals surface area contributed by atoms with Crippen molar-refractivity contribution in [3.8, 4) is 0 Å². The predicted molar refractivity (Wildman–Crippen MR) is 54.8 cm³/mol. The molecule has 15 heavy (non-hydrogen) atoms. The van der Waals surface area contributed by atoms with Crippen molar-refractivity contribution in [2.75, 3.05) is 0 Å². The molecular formula is C10H11N3O2. The number of nitrogens with one attached hydrogen (secondary N) is 2. The van der Waals surface area contributed by atoms with Gasteiger partial charge in [-0.2, -0.15) is 0 Å². The lowest BCUT2D eigenvalue weighted by atomic mass is 10.1. The van der Waals surface area contributed by atoms with Gasteiger partial charge in [-0.05, 0) is 24.5 Å². The van der Waals surface area contributed by atoms with E-state index in [1.165, 1.54) is 0 Å². The second-order valence-corrected chi connectivity index (χ2v) is 3.41. The van der Waals surface area contributed by atoms with E-state index in [-0.39, 0.29) is 5.84 Å². The third-order valence-corrected chi connectivity index (χ3v) is 2.57. The van der Waals surface area contributed by atoms with Gasteiger partial charge in [0.1, 0.15) is 5.84 Å². The Morgan fingerprint density at radius 2 is 2.20 bits per heavy atom. The molecule has 0 saturated heterocycles. The third kappa shape index (κ3) is 1.57. The van der Waals surface area contributed by atoms with Gasteiger partial charge < -0.3 is 5.21 Å². The summed E-state index contributed by atoms with van der Waals surface area (Å²) in [4.78, 5) is 0. The summed E-state index contributed by atoms with van der Waals surface area (Å²) in [6, 6.07) is 5.33. The number of nitrogens with zero attached hydrogens (tertiary/aromatic N) is 1. The van der Waals surface area contributed by atoms with Crippen molar-refractivity contribution in [1.29, 1.82) is 5.41 Å². The van der Waals surface area contributed by atoms with Gasteiger partial charge in [0.2, 0.25) is 0 Å². The number of hydrogen-bond donors (Lipinski definition) is 4. The summed E-state index contributed by atoms with van der Waals surface area (Å²) in [5.74, 6) is -0.0350. The highest BCUT2D eigenvalue weighted by molar-refractivity contribution is 6.05. The van der Waals surface area contributed by atoms with E-state index in [0.717, 1.165) is 24.0 Å². The van der Waals surface area contributed by atoms with Crippen LogP contribution in [0.3, 0.4) is 0 Å². The second kappa shape index (κ2) is 3.70. The first-order chi connectivity index (χ1) is 7.26. The molecule has 0 unspecified atom stereocenters. The summed E-state index contributed by atoms with van der Waals surface area (Å²) in [6.07, 6.45) is 1.52. The fraction of sp³-hybridized carbons (Fsp3) is 0.200. The van der Waals surface area contributed by atoms with E-state index in [4.69, 9.17) is 15.8 Å². The topological polar surface area (TPSA) is 88.7 Å². The first-order valence-electron chi connectivity index (χ1n) is 4.59. The van der Waals surface area contributed by atoms with Gasteiger partial charge in [-0.1, -0.05) is 17.3 Å². The van der Waals surface area contributed by atoms with Gasteiger partial charge >= 0.3 is 0 Å². The maximum absolute atomic E-state index is 8.73. The molecule has 0 atom stereocenters. The van der Waals surface area contributed by atoms with Crippen molar-refractivity contribution in [3.63, 3.8) is 0 Å². The lowest BCUT2D eigenvalue weighted by Gasteiger charge is -2.04. The van der Waals surface area contributed by atoms with Crippen LogP contribution in [-0.4, -0.2) is 22.0 Å². The molecule has 1 aromatic carbocycles. The lowest BCUT2D eigenvalue weighted by Crippen LogP contribution is -2.18. The first-order valence-corrected chi connectivity index (χ1v) is 4.59. The molecule has 0 radical (unpaired) electrons. The minimum absolute atomic E-state index is 0.0350. The Kier molecular flexibility index (Phi) is 2.39. The van der Waals surface area contributed by atoms with E-state index in [0.29, 0.717) is 11.3 Å². The van der Waals surface area contributed by atoms with Crippen molar-refractivity contribution in [2.24, 2.45) is 5.16 Å². The van der Waals surface area contributed by atoms with Crippen LogP contribution in [0.1, 0.15) is 23.1 Å². The molecule has 0 spiro atoms. The number of fused-ring (bicyclic) bond motifs is 1. The minimum atomic E-state index is -0.0350. The largest absolute Gasteiger partial charge is 0.411 e. The van der Waals surface area contributed by atoms with Gasteiger partial charge in [0, 0.05) is 11.1 Å². The maximum atomic E-state index is 8.73. The van der Waals surface area contributed by atoms with E-state index in [1.54, 1.807) is 17.6 Å². The lowest BCUT2D eigenvalue weighted by molar-refractivity contribution is 0.234. The molecule has 0 saturated carbocycles. The molecule has 0 aromatic heterocycles. The number of benzene rings is 1. The summed E-state index contributed by atoms with van der Waals surface area (Å²) in [6.45, 7) is 0. The highest BCUT2D eigenvalue weighted by Gasteiger charge is 2.18. The van der Waals surface area contributed by atoms with Crippen LogP contribution in [0.25, 0.3) is 0 Å². The van der Waals surface area contributed by atoms with E-state index in [1.807, 2.05) is 6.07 Å². The quantitative estimate of drug-likeness (QED) is 0.240. The average molecular weight is 205 g/mol. The van der Waals surface area contributed by atoms with Crippen LogP contribution in [0.4, 0.5) is 0 Å². The van der Waals surface area contributed by atoms with Gasteiger partial charge in [0.05, 0.1) is 5.71 Å². The SMILES string of the molecule is N=C(NO)c1ccc2c(c1)CC/C2=N/O. The molecular weight excluding hydrogens is 194 g/mol. The standard InChI is InChI=1S/C10H11N3O2/c11-10(13-15)7-1-3-8-6(5-7)2-4-9(8)12-14/h1,3,5,14-15H,2,4H2,(H2,11,13)/b12-9-. The molecule has 5 nitrogen and oxygen atoms in total. The monoisotopic (exact) mass is 205 g/mol. The molecule has 0 bridgehead atoms. The Morgan fingerprint density at radius 3 is 2.87 bits per heavy atom. The van der Waals surface area contributed by atoms with Gasteiger partial charge in [-0.25, -0.2) is 0 Å². The van der Waals surface area contributed by atoms with E-state index < -0.39 is 0 Å². The van der Waals surface area contributed by atoms with Crippen molar-refractivity contribution in [1.82, 2.24) is 5.48 Å². The molecule has 5 heteroatoms. The fourth-order valence-corrected chi connectivity index (χ4v) is 1.79. The molecule has 78 valence electrons. The summed E-state index contributed by atoms with van der Waals surface area (Å²) in [7, 11) is 0. The molecule has 0 aliphatic heterocycles. The first kappa shape index (κ1) is 9.67. The number of oxime groups is 1. The predicted octanol–water partition coefficient (Wildman–Crippen LogP) is 1.12. The molecule has 1 aromatic rings. The normalized spacial score (nSPS) is 16.5. The van der Waals surface area contributed by atoms with Crippen LogP contribution in [0.2, 0.25) is 0 Å². The van der Waals surface area contributed by atoms with E-state index in [9.17, 15) is 0 Å². The Bertz CT molecular complexity index is 440. The Balaban J connectivity index is 2.41. The molecule has 0 heterocycles. The summed E-state index contributed by atoms with van der Waals surface area (Å²) in [5, 5.41) is 27.9. The number of aryl methyl sites for hydroxylation is 1. The molecule has 0 fully saturated rings. The molecule has 0 amide bonds. The third-order valence-electron chi connectivity index (χ3n) is 2.57. The van der Waals surface area contributed by atoms with Crippen LogP contribution in [0.15, 0.2) is 23.4 Å². The Morgan fingerprint density at radius 1 is 1.40 bits per heavy atom. The number of hydroxylamine groups is 1. The van der Waals surface area contributed by atoms with E-state index >= 15 is 0 Å². The zero-order valence-electron chi connectivity index (χ0n) is 7.99. The number of hydrogen-bond acceptors (Lipinski definition) is 4. The minimum Gasteiger partial charge on any atom is -0.411 e. The van der Waals surface area contributed by atoms with Crippen LogP contribution in [0.5, 0.6) is 0 Å². The number of amidine groups is 1. The summed E-state index contributed by atoms with van der Waals surface area (Å²) < 4.78 is 0. The second-order valence-electron chi connectivity index (χ2n) is 3.41. The van der Waals surface area contributed by atoms with Crippen molar-refractivity contribution in [3.05, 3.63) is 34.9 Å². The average Bonchev–Trinajstić information content (AvgIpc) is 2.69. The van der Waals surface area contributed by atoms with Crippen molar-refractivity contribution < 1.29 is 10.4 Å². The van der Waals surface area contributed by atoms with Gasteiger partial charge in [0.25, 0.3) is 0 Å². The Labute approximate surface area is 86.5 Å². The molecule has 2 rings (SSSR count). The highest BCUT2D eigenvalue weighted by atomic mass is 16.5. The van der Waals surface area contributed by atoms with Crippen LogP contribution in [0, 0.1) is 5.41 Å². The smallest absolute Gasteiger partial charge is 0.149 e. The van der Waals surface area contributed by atoms with Gasteiger partial charge in [-0.3, -0.25) is 16.1 Å². The number of rotatable bonds is 1. The Hall–Kier alpha value is -1.88.